The van der Waals surface area contributed by atoms with Crippen LogP contribution in [-0.4, -0.2) is 26.4 Å². The molecule has 0 N–H and O–H groups in total. The van der Waals surface area contributed by atoms with E-state index in [2.05, 4.69) is 68.6 Å². The Balaban J connectivity index is 1.79. The Hall–Kier alpha value is -3.31. The van der Waals surface area contributed by atoms with Gasteiger partial charge in [-0.2, -0.15) is 0 Å². The highest BCUT2D eigenvalue weighted by molar-refractivity contribution is 7.97. The molecule has 0 aliphatic rings. The Kier molecular flexibility index (Phi) is 9.14. The van der Waals surface area contributed by atoms with Crippen LogP contribution in [0.15, 0.2) is 113 Å². The van der Waals surface area contributed by atoms with Crippen LogP contribution in [0.1, 0.15) is 5.56 Å². The molecule has 3 aromatic rings. The highest BCUT2D eigenvalue weighted by Gasteiger charge is 2.28. The zero-order valence-electron chi connectivity index (χ0n) is 18.4. The predicted octanol–water partition coefficient (Wildman–Crippen LogP) is 6.17. The van der Waals surface area contributed by atoms with Crippen molar-refractivity contribution < 1.29 is 18.9 Å². The topological polar surface area (TPSA) is 36.9 Å². The van der Waals surface area contributed by atoms with Crippen molar-refractivity contribution in [1.82, 2.24) is 0 Å². The quantitative estimate of drug-likeness (QED) is 0.178. The van der Waals surface area contributed by atoms with Gasteiger partial charge in [0.05, 0.1) is 23.4 Å². The van der Waals surface area contributed by atoms with E-state index >= 15 is 0 Å². The van der Waals surface area contributed by atoms with Gasteiger partial charge in [-0.25, -0.2) is 0 Å². The van der Waals surface area contributed by atoms with E-state index in [-0.39, 0.29) is 10.9 Å². The normalized spacial score (nSPS) is 10.4. The third kappa shape index (κ3) is 6.86. The minimum absolute atomic E-state index is 0.244. The lowest BCUT2D eigenvalue weighted by molar-refractivity contribution is 0.179. The average Bonchev–Trinajstić information content (AvgIpc) is 2.83. The second kappa shape index (κ2) is 12.5. The lowest BCUT2D eigenvalue weighted by atomic mass is 10.2. The van der Waals surface area contributed by atoms with Crippen LogP contribution < -0.4 is 9.47 Å². The highest BCUT2D eigenvalue weighted by Crippen LogP contribution is 2.33. The molecule has 4 nitrogen and oxygen atoms in total. The van der Waals surface area contributed by atoms with E-state index in [0.717, 1.165) is 11.5 Å². The number of rotatable bonds is 13. The molecular weight excluding hydrogens is 420 g/mol. The summed E-state index contributed by atoms with van der Waals surface area (Å²) >= 11 is 0. The van der Waals surface area contributed by atoms with Gasteiger partial charge in [0, 0.05) is 0 Å². The van der Waals surface area contributed by atoms with Gasteiger partial charge < -0.3 is 18.9 Å². The lowest BCUT2D eigenvalue weighted by Gasteiger charge is -2.11. The van der Waals surface area contributed by atoms with Gasteiger partial charge in [-0.05, 0) is 67.6 Å². The molecule has 3 rings (SSSR count). The van der Waals surface area contributed by atoms with Crippen molar-refractivity contribution in [2.24, 2.45) is 0 Å². The van der Waals surface area contributed by atoms with E-state index in [9.17, 15) is 0 Å². The first kappa shape index (κ1) is 23.4. The van der Waals surface area contributed by atoms with E-state index in [1.165, 1.54) is 32.8 Å². The first-order chi connectivity index (χ1) is 15.7. The van der Waals surface area contributed by atoms with Gasteiger partial charge in [0.25, 0.3) is 0 Å². The van der Waals surface area contributed by atoms with Gasteiger partial charge in [-0.15, -0.1) is 0 Å². The van der Waals surface area contributed by atoms with E-state index in [1.807, 2.05) is 24.3 Å². The van der Waals surface area contributed by atoms with E-state index in [0.29, 0.717) is 26.4 Å². The minimum atomic E-state index is -0.244. The fraction of sp³-hybridized carbons (Fsp3) is 0.185. The number of ether oxygens (including phenoxy) is 4. The molecule has 0 saturated heterocycles. The Labute approximate surface area is 193 Å². The summed E-state index contributed by atoms with van der Waals surface area (Å²) < 4.78 is 21.7. The Morgan fingerprint density at radius 1 is 0.594 bits per heavy atom. The average molecular weight is 450 g/mol. The van der Waals surface area contributed by atoms with Gasteiger partial charge in [-0.3, -0.25) is 0 Å². The largest absolute Gasteiger partial charge is 0.498 e. The fourth-order valence-corrected chi connectivity index (χ4v) is 5.05. The first-order valence-corrected chi connectivity index (χ1v) is 11.7. The molecule has 32 heavy (non-hydrogen) atoms. The summed E-state index contributed by atoms with van der Waals surface area (Å²) in [5.41, 5.74) is 1.24. The molecule has 0 amide bonds. The van der Waals surface area contributed by atoms with Crippen molar-refractivity contribution >= 4 is 10.9 Å². The summed E-state index contributed by atoms with van der Waals surface area (Å²) in [5.74, 6) is 1.64. The molecule has 0 heterocycles. The van der Waals surface area contributed by atoms with Gasteiger partial charge in [0.1, 0.15) is 37.9 Å². The van der Waals surface area contributed by atoms with Crippen LogP contribution in [-0.2, 0) is 20.4 Å². The zero-order chi connectivity index (χ0) is 22.6. The minimum Gasteiger partial charge on any atom is -0.498 e. The molecule has 0 aliphatic heterocycles. The fourth-order valence-electron chi connectivity index (χ4n) is 3.01. The number of benzene rings is 3. The number of aryl methyl sites for hydroxylation is 1. The van der Waals surface area contributed by atoms with E-state index < -0.39 is 0 Å². The van der Waals surface area contributed by atoms with Crippen molar-refractivity contribution in [3.8, 4) is 11.5 Å². The van der Waals surface area contributed by atoms with Crippen molar-refractivity contribution in [3.63, 3.8) is 0 Å². The molecule has 0 saturated carbocycles. The monoisotopic (exact) mass is 449 g/mol. The van der Waals surface area contributed by atoms with Crippen LogP contribution in [0.25, 0.3) is 0 Å². The van der Waals surface area contributed by atoms with Gasteiger partial charge in [-0.1, -0.05) is 30.9 Å². The standard InChI is InChI=1S/C27H29O4S/c1-4-28-18-20-30-23-8-14-26(15-9-23)32(25-12-6-22(3)7-13-25)27-16-10-24(11-17-27)31-21-19-29-5-2/h4-17H,1-2,18-21H2,3H3/q+1. The third-order valence-electron chi connectivity index (χ3n) is 4.55. The van der Waals surface area contributed by atoms with Crippen molar-refractivity contribution in [3.05, 3.63) is 104 Å². The maximum absolute atomic E-state index is 5.74. The van der Waals surface area contributed by atoms with Gasteiger partial charge in [0.2, 0.25) is 0 Å². The highest BCUT2D eigenvalue weighted by atomic mass is 32.2. The van der Waals surface area contributed by atoms with Crippen molar-refractivity contribution in [2.75, 3.05) is 26.4 Å². The van der Waals surface area contributed by atoms with Crippen LogP contribution in [0.4, 0.5) is 0 Å². The molecule has 0 aromatic heterocycles. The van der Waals surface area contributed by atoms with E-state index in [4.69, 9.17) is 18.9 Å². The summed E-state index contributed by atoms with van der Waals surface area (Å²) in [6, 6.07) is 25.3. The Morgan fingerprint density at radius 2 is 0.969 bits per heavy atom. The van der Waals surface area contributed by atoms with E-state index in [1.54, 1.807) is 0 Å². The summed E-state index contributed by atoms with van der Waals surface area (Å²) in [5, 5.41) is 0. The molecule has 0 spiro atoms. The van der Waals surface area contributed by atoms with Crippen LogP contribution in [0.2, 0.25) is 0 Å². The second-order valence-corrected chi connectivity index (χ2v) is 8.86. The smallest absolute Gasteiger partial charge is 0.166 e. The predicted molar refractivity (Wildman–Crippen MR) is 130 cm³/mol. The molecule has 0 unspecified atom stereocenters. The maximum Gasteiger partial charge on any atom is 0.166 e. The molecule has 3 aromatic carbocycles. The molecule has 0 aliphatic carbocycles. The van der Waals surface area contributed by atoms with Crippen LogP contribution in [0.5, 0.6) is 11.5 Å². The Morgan fingerprint density at radius 3 is 1.34 bits per heavy atom. The summed E-state index contributed by atoms with van der Waals surface area (Å²) in [6.07, 6.45) is 2.84. The zero-order valence-corrected chi connectivity index (χ0v) is 19.2. The second-order valence-electron chi connectivity index (χ2n) is 6.83. The number of hydrogen-bond donors (Lipinski definition) is 0. The molecule has 0 fully saturated rings. The molecule has 5 heteroatoms. The van der Waals surface area contributed by atoms with Crippen LogP contribution in [0.3, 0.4) is 0 Å². The van der Waals surface area contributed by atoms with Gasteiger partial charge >= 0.3 is 0 Å². The van der Waals surface area contributed by atoms with Gasteiger partial charge in [0.15, 0.2) is 14.7 Å². The molecule has 0 radical (unpaired) electrons. The lowest BCUT2D eigenvalue weighted by Crippen LogP contribution is -2.07. The maximum atomic E-state index is 5.74. The first-order valence-electron chi connectivity index (χ1n) is 10.4. The summed E-state index contributed by atoms with van der Waals surface area (Å²) in [7, 11) is -0.244. The number of hydrogen-bond acceptors (Lipinski definition) is 4. The molecular formula is C27H29O4S+. The third-order valence-corrected chi connectivity index (χ3v) is 6.78. The van der Waals surface area contributed by atoms with Crippen molar-refractivity contribution in [2.45, 2.75) is 21.6 Å². The van der Waals surface area contributed by atoms with Crippen LogP contribution >= 0.6 is 0 Å². The SMILES string of the molecule is C=COCCOc1ccc([S+](c2ccc(C)cc2)c2ccc(OCCOC=C)cc2)cc1. The van der Waals surface area contributed by atoms with Crippen molar-refractivity contribution in [1.29, 1.82) is 0 Å². The molecule has 166 valence electrons. The van der Waals surface area contributed by atoms with Crippen LogP contribution in [0, 0.1) is 6.92 Å². The molecule has 0 bridgehead atoms. The Bertz CT molecular complexity index is 907. The summed E-state index contributed by atoms with van der Waals surface area (Å²) in [6.45, 7) is 11.1. The summed E-state index contributed by atoms with van der Waals surface area (Å²) in [4.78, 5) is 3.70. The molecule has 0 atom stereocenters.